The molecule has 1 aliphatic rings. The minimum absolute atomic E-state index is 0.193. The first kappa shape index (κ1) is 16.1. The van der Waals surface area contributed by atoms with Gasteiger partial charge in [-0.05, 0) is 36.2 Å². The summed E-state index contributed by atoms with van der Waals surface area (Å²) in [6.07, 6.45) is 0. The molecule has 1 amide bonds. The maximum atomic E-state index is 12.6. The van der Waals surface area contributed by atoms with E-state index < -0.39 is 17.9 Å². The number of carboxylic acid groups (broad SMARTS) is 1. The van der Waals surface area contributed by atoms with Gasteiger partial charge in [-0.2, -0.15) is 0 Å². The Balaban J connectivity index is 2.08. The van der Waals surface area contributed by atoms with Gasteiger partial charge in [-0.25, -0.2) is 0 Å². The molecule has 1 heterocycles. The van der Waals surface area contributed by atoms with Gasteiger partial charge in [0, 0.05) is 18.5 Å². The molecule has 124 valence electrons. The number of fused-ring (bicyclic) bond motifs is 1. The van der Waals surface area contributed by atoms with E-state index in [9.17, 15) is 14.7 Å². The van der Waals surface area contributed by atoms with Crippen LogP contribution >= 0.6 is 0 Å². The monoisotopic (exact) mass is 324 g/mol. The Morgan fingerprint density at radius 2 is 1.83 bits per heavy atom. The van der Waals surface area contributed by atoms with Gasteiger partial charge in [-0.3, -0.25) is 4.79 Å². The number of nitrogens with zero attached hydrogens (tertiary/aromatic N) is 1. The number of benzene rings is 2. The van der Waals surface area contributed by atoms with E-state index >= 15 is 0 Å². The van der Waals surface area contributed by atoms with E-state index in [1.165, 1.54) is 4.90 Å². The average molecular weight is 324 g/mol. The number of aliphatic carboxylic acids is 1. The molecule has 0 fully saturated rings. The number of amides is 1. The van der Waals surface area contributed by atoms with E-state index in [1.807, 2.05) is 6.92 Å². The lowest BCUT2D eigenvalue weighted by Crippen LogP contribution is -2.46. The maximum absolute atomic E-state index is 12.6. The Morgan fingerprint density at radius 3 is 2.46 bits per heavy atom. The van der Waals surface area contributed by atoms with Gasteiger partial charge in [0.25, 0.3) is 5.91 Å². The van der Waals surface area contributed by atoms with E-state index in [-0.39, 0.29) is 5.91 Å². The number of hydrogen-bond donors (Lipinski definition) is 0. The van der Waals surface area contributed by atoms with E-state index in [0.29, 0.717) is 23.5 Å². The normalized spacial score (nSPS) is 19.8. The van der Waals surface area contributed by atoms with Crippen LogP contribution in [0.25, 0.3) is 0 Å². The molecule has 5 nitrogen and oxygen atoms in total. The molecule has 0 saturated carbocycles. The number of hydrogen-bond acceptors (Lipinski definition) is 4. The zero-order valence-corrected chi connectivity index (χ0v) is 13.6. The number of ether oxygens (including phenoxy) is 1. The van der Waals surface area contributed by atoms with E-state index in [1.54, 1.807) is 55.6 Å². The van der Waals surface area contributed by atoms with Crippen LogP contribution in [0.2, 0.25) is 0 Å². The second-order valence-electron chi connectivity index (χ2n) is 5.75. The first-order valence-corrected chi connectivity index (χ1v) is 7.84. The van der Waals surface area contributed by atoms with Crippen LogP contribution in [0.5, 0.6) is 5.75 Å². The molecule has 0 N–H and O–H groups in total. The fourth-order valence-corrected chi connectivity index (χ4v) is 3.27. The second kappa shape index (κ2) is 6.35. The lowest BCUT2D eigenvalue weighted by molar-refractivity contribution is -0.309. The van der Waals surface area contributed by atoms with Gasteiger partial charge in [0.2, 0.25) is 0 Å². The minimum Gasteiger partial charge on any atom is -0.549 e. The number of carbonyl (C=O) groups excluding carboxylic acids is 2. The predicted octanol–water partition coefficient (Wildman–Crippen LogP) is 1.75. The molecule has 0 aromatic heterocycles. The zero-order valence-electron chi connectivity index (χ0n) is 13.6. The first-order valence-electron chi connectivity index (χ1n) is 7.84. The molecule has 2 aromatic rings. The molecule has 0 spiro atoms. The largest absolute Gasteiger partial charge is 0.549 e. The van der Waals surface area contributed by atoms with Crippen molar-refractivity contribution in [3.63, 3.8) is 0 Å². The summed E-state index contributed by atoms with van der Waals surface area (Å²) >= 11 is 0. The Bertz CT molecular complexity index is 769. The van der Waals surface area contributed by atoms with Crippen molar-refractivity contribution >= 4 is 11.9 Å². The molecule has 3 rings (SSSR count). The summed E-state index contributed by atoms with van der Waals surface area (Å²) in [5, 5.41) is 11.8. The third-order valence-corrected chi connectivity index (χ3v) is 4.37. The summed E-state index contributed by atoms with van der Waals surface area (Å²) in [5.41, 5.74) is 1.65. The summed E-state index contributed by atoms with van der Waals surface area (Å²) in [6.45, 7) is 2.45. The van der Waals surface area contributed by atoms with Crippen LogP contribution in [-0.4, -0.2) is 30.4 Å². The highest BCUT2D eigenvalue weighted by Gasteiger charge is 2.39. The van der Waals surface area contributed by atoms with E-state index in [2.05, 4.69) is 0 Å². The zero-order chi connectivity index (χ0) is 17.3. The van der Waals surface area contributed by atoms with Crippen molar-refractivity contribution in [1.29, 1.82) is 0 Å². The molecule has 0 aliphatic carbocycles. The number of carboxylic acids is 1. The smallest absolute Gasteiger partial charge is 0.254 e. The summed E-state index contributed by atoms with van der Waals surface area (Å²) in [7, 11) is 1.62. The van der Waals surface area contributed by atoms with Crippen molar-refractivity contribution in [1.82, 2.24) is 4.90 Å². The summed E-state index contributed by atoms with van der Waals surface area (Å²) < 4.78 is 5.42. The third kappa shape index (κ3) is 2.62. The minimum atomic E-state index is -1.19. The van der Waals surface area contributed by atoms with Gasteiger partial charge in [-0.1, -0.05) is 30.3 Å². The molecule has 2 aromatic carbocycles. The molecule has 0 radical (unpaired) electrons. The van der Waals surface area contributed by atoms with Crippen molar-refractivity contribution in [2.75, 3.05) is 13.7 Å². The number of likely N-dealkylation sites (N-methyl/N-ethyl adjacent to an activating group) is 1. The maximum Gasteiger partial charge on any atom is 0.254 e. The van der Waals surface area contributed by atoms with Gasteiger partial charge < -0.3 is 19.5 Å². The Morgan fingerprint density at radius 1 is 1.17 bits per heavy atom. The highest BCUT2D eigenvalue weighted by atomic mass is 16.5. The fraction of sp³-hybridized carbons (Fsp3) is 0.263. The average Bonchev–Trinajstić information content (AvgIpc) is 2.59. The van der Waals surface area contributed by atoms with Crippen LogP contribution in [0, 0.1) is 0 Å². The molecule has 0 saturated heterocycles. The Hall–Kier alpha value is -2.82. The summed E-state index contributed by atoms with van der Waals surface area (Å²) in [6, 6.07) is 13.3. The van der Waals surface area contributed by atoms with Crippen molar-refractivity contribution < 1.29 is 19.4 Å². The SMILES string of the molecule is CCOc1ccc(C2C(C(=O)[O-])c3ccccc3C(=O)N2C)cc1. The third-order valence-electron chi connectivity index (χ3n) is 4.37. The van der Waals surface area contributed by atoms with Gasteiger partial charge in [0.15, 0.2) is 0 Å². The van der Waals surface area contributed by atoms with Gasteiger partial charge in [0.1, 0.15) is 5.75 Å². The first-order chi connectivity index (χ1) is 11.5. The molecular weight excluding hydrogens is 306 g/mol. The highest BCUT2D eigenvalue weighted by molar-refractivity contribution is 6.00. The predicted molar refractivity (Wildman–Crippen MR) is 86.6 cm³/mol. The fourth-order valence-electron chi connectivity index (χ4n) is 3.27. The molecule has 24 heavy (non-hydrogen) atoms. The highest BCUT2D eigenvalue weighted by Crippen LogP contribution is 2.41. The molecule has 2 atom stereocenters. The standard InChI is InChI=1S/C19H19NO4/c1-3-24-13-10-8-12(9-11-13)17-16(19(22)23)14-6-4-5-7-15(14)18(21)20(17)2/h4-11,16-17H,3H2,1-2H3,(H,22,23)/p-1. The number of rotatable bonds is 4. The van der Waals surface area contributed by atoms with Crippen LogP contribution in [0.4, 0.5) is 0 Å². The Kier molecular flexibility index (Phi) is 4.25. The molecular formula is C19H18NO4-. The Labute approximate surface area is 140 Å². The van der Waals surface area contributed by atoms with Crippen LogP contribution in [0.15, 0.2) is 48.5 Å². The molecule has 2 unspecified atom stereocenters. The molecule has 1 aliphatic heterocycles. The van der Waals surface area contributed by atoms with Crippen LogP contribution in [-0.2, 0) is 4.79 Å². The lowest BCUT2D eigenvalue weighted by Gasteiger charge is -2.41. The quantitative estimate of drug-likeness (QED) is 0.859. The summed E-state index contributed by atoms with van der Waals surface area (Å²) in [5.74, 6) is -1.60. The number of carbonyl (C=O) groups is 2. The van der Waals surface area contributed by atoms with Crippen LogP contribution in [0.3, 0.4) is 0 Å². The molecule has 5 heteroatoms. The van der Waals surface area contributed by atoms with Gasteiger partial charge in [-0.15, -0.1) is 0 Å². The molecule has 0 bridgehead atoms. The van der Waals surface area contributed by atoms with Gasteiger partial charge >= 0.3 is 0 Å². The van der Waals surface area contributed by atoms with Gasteiger partial charge in [0.05, 0.1) is 18.6 Å². The van der Waals surface area contributed by atoms with E-state index in [0.717, 1.165) is 5.56 Å². The topological polar surface area (TPSA) is 69.7 Å². The second-order valence-corrected chi connectivity index (χ2v) is 5.75. The van der Waals surface area contributed by atoms with Crippen molar-refractivity contribution in [3.8, 4) is 5.75 Å². The van der Waals surface area contributed by atoms with Crippen molar-refractivity contribution in [2.24, 2.45) is 0 Å². The summed E-state index contributed by atoms with van der Waals surface area (Å²) in [4.78, 5) is 25.9. The lowest BCUT2D eigenvalue weighted by atomic mass is 9.80. The van der Waals surface area contributed by atoms with Crippen molar-refractivity contribution in [3.05, 3.63) is 65.2 Å². The van der Waals surface area contributed by atoms with Crippen LogP contribution < -0.4 is 9.84 Å². The van der Waals surface area contributed by atoms with Crippen LogP contribution in [0.1, 0.15) is 40.4 Å². The van der Waals surface area contributed by atoms with E-state index in [4.69, 9.17) is 4.74 Å². The van der Waals surface area contributed by atoms with Crippen molar-refractivity contribution in [2.45, 2.75) is 18.9 Å².